The van der Waals surface area contributed by atoms with E-state index in [9.17, 15) is 9.59 Å². The molecule has 0 aliphatic rings. The summed E-state index contributed by atoms with van der Waals surface area (Å²) in [5.74, 6) is -0.166. The van der Waals surface area contributed by atoms with Crippen molar-refractivity contribution >= 4 is 34.0 Å². The van der Waals surface area contributed by atoms with Gasteiger partial charge in [-0.05, 0) is 36.6 Å². The molecule has 0 aliphatic heterocycles. The number of furan rings is 1. The summed E-state index contributed by atoms with van der Waals surface area (Å²) in [5, 5.41) is 7.95. The van der Waals surface area contributed by atoms with Crippen LogP contribution in [0.4, 0.5) is 10.8 Å². The first-order valence-electron chi connectivity index (χ1n) is 8.32. The SMILES string of the molecule is CCc1ccccc1NC(=O)CCc1csc(NC(=O)c2ccco2)n1. The Morgan fingerprint density at radius 2 is 2.00 bits per heavy atom. The lowest BCUT2D eigenvalue weighted by atomic mass is 10.1. The van der Waals surface area contributed by atoms with Crippen molar-refractivity contribution in [3.05, 3.63) is 65.1 Å². The Morgan fingerprint density at radius 1 is 1.15 bits per heavy atom. The van der Waals surface area contributed by atoms with Gasteiger partial charge in [0.05, 0.1) is 12.0 Å². The number of rotatable bonds is 7. The van der Waals surface area contributed by atoms with Crippen LogP contribution in [-0.2, 0) is 17.6 Å². The number of carbonyl (C=O) groups excluding carboxylic acids is 2. The molecule has 7 heteroatoms. The van der Waals surface area contributed by atoms with E-state index >= 15 is 0 Å². The lowest BCUT2D eigenvalue weighted by Crippen LogP contribution is -2.14. The van der Waals surface area contributed by atoms with E-state index in [1.807, 2.05) is 29.6 Å². The largest absolute Gasteiger partial charge is 0.459 e. The first-order valence-corrected chi connectivity index (χ1v) is 9.20. The van der Waals surface area contributed by atoms with E-state index < -0.39 is 0 Å². The Bertz CT molecular complexity index is 887. The topological polar surface area (TPSA) is 84.2 Å². The number of hydrogen-bond acceptors (Lipinski definition) is 5. The van der Waals surface area contributed by atoms with Crippen molar-refractivity contribution in [1.29, 1.82) is 0 Å². The van der Waals surface area contributed by atoms with Crippen LogP contribution in [0.1, 0.15) is 35.2 Å². The molecule has 1 aromatic carbocycles. The van der Waals surface area contributed by atoms with Gasteiger partial charge in [0.1, 0.15) is 0 Å². The maximum absolute atomic E-state index is 12.2. The number of carbonyl (C=O) groups is 2. The monoisotopic (exact) mass is 369 g/mol. The van der Waals surface area contributed by atoms with Crippen LogP contribution in [0.5, 0.6) is 0 Å². The summed E-state index contributed by atoms with van der Waals surface area (Å²) in [7, 11) is 0. The summed E-state index contributed by atoms with van der Waals surface area (Å²) in [6.45, 7) is 2.05. The van der Waals surface area contributed by atoms with E-state index in [0.717, 1.165) is 23.4 Å². The van der Waals surface area contributed by atoms with Crippen LogP contribution in [0, 0.1) is 0 Å². The van der Waals surface area contributed by atoms with Gasteiger partial charge in [-0.3, -0.25) is 14.9 Å². The molecule has 0 atom stereocenters. The predicted octanol–water partition coefficient (Wildman–Crippen LogP) is 4.12. The molecule has 134 valence electrons. The molecule has 2 aromatic heterocycles. The second-order valence-corrected chi connectivity index (χ2v) is 6.49. The van der Waals surface area contributed by atoms with E-state index in [0.29, 0.717) is 18.0 Å². The minimum atomic E-state index is -0.343. The number of amides is 2. The zero-order valence-corrected chi connectivity index (χ0v) is 15.1. The number of thiazole rings is 1. The first kappa shape index (κ1) is 17.9. The van der Waals surface area contributed by atoms with E-state index in [4.69, 9.17) is 4.42 Å². The van der Waals surface area contributed by atoms with E-state index in [-0.39, 0.29) is 17.6 Å². The fraction of sp³-hybridized carbons (Fsp3) is 0.211. The van der Waals surface area contributed by atoms with Gasteiger partial charge in [-0.25, -0.2) is 4.98 Å². The van der Waals surface area contributed by atoms with Crippen molar-refractivity contribution in [3.8, 4) is 0 Å². The molecule has 0 bridgehead atoms. The second-order valence-electron chi connectivity index (χ2n) is 5.63. The molecule has 3 rings (SSSR count). The number of benzene rings is 1. The number of nitrogens with one attached hydrogen (secondary N) is 2. The smallest absolute Gasteiger partial charge is 0.293 e. The van der Waals surface area contributed by atoms with Gasteiger partial charge in [-0.2, -0.15) is 0 Å². The summed E-state index contributed by atoms with van der Waals surface area (Å²) in [6.07, 6.45) is 3.14. The van der Waals surface area contributed by atoms with Crippen molar-refractivity contribution in [2.75, 3.05) is 10.6 Å². The maximum Gasteiger partial charge on any atom is 0.293 e. The van der Waals surface area contributed by atoms with Gasteiger partial charge in [0, 0.05) is 17.5 Å². The van der Waals surface area contributed by atoms with Gasteiger partial charge in [0.15, 0.2) is 10.9 Å². The zero-order valence-electron chi connectivity index (χ0n) is 14.3. The Balaban J connectivity index is 1.51. The van der Waals surface area contributed by atoms with Gasteiger partial charge in [-0.15, -0.1) is 11.3 Å². The summed E-state index contributed by atoms with van der Waals surface area (Å²) in [6, 6.07) is 11.0. The molecule has 0 spiro atoms. The summed E-state index contributed by atoms with van der Waals surface area (Å²) >= 11 is 1.32. The van der Waals surface area contributed by atoms with Crippen LogP contribution >= 0.6 is 11.3 Å². The molecule has 2 N–H and O–H groups in total. The molecule has 0 fully saturated rings. The van der Waals surface area contributed by atoms with Gasteiger partial charge in [-0.1, -0.05) is 25.1 Å². The average molecular weight is 369 g/mol. The zero-order chi connectivity index (χ0) is 18.4. The van der Waals surface area contributed by atoms with Crippen molar-refractivity contribution in [2.24, 2.45) is 0 Å². The van der Waals surface area contributed by atoms with Crippen molar-refractivity contribution in [3.63, 3.8) is 0 Å². The third-order valence-electron chi connectivity index (χ3n) is 3.80. The van der Waals surface area contributed by atoms with Crippen molar-refractivity contribution in [1.82, 2.24) is 4.98 Å². The highest BCUT2D eigenvalue weighted by Crippen LogP contribution is 2.19. The third-order valence-corrected chi connectivity index (χ3v) is 4.60. The fourth-order valence-electron chi connectivity index (χ4n) is 2.45. The molecule has 2 amide bonds. The van der Waals surface area contributed by atoms with Crippen LogP contribution in [0.2, 0.25) is 0 Å². The van der Waals surface area contributed by atoms with E-state index in [1.165, 1.54) is 17.6 Å². The Hall–Kier alpha value is -2.93. The Labute approximate surface area is 155 Å². The molecule has 0 radical (unpaired) electrons. The highest BCUT2D eigenvalue weighted by molar-refractivity contribution is 7.13. The van der Waals surface area contributed by atoms with Crippen LogP contribution in [0.15, 0.2) is 52.5 Å². The minimum Gasteiger partial charge on any atom is -0.459 e. The molecule has 6 nitrogen and oxygen atoms in total. The summed E-state index contributed by atoms with van der Waals surface area (Å²) in [4.78, 5) is 28.4. The van der Waals surface area contributed by atoms with Gasteiger partial charge < -0.3 is 9.73 Å². The fourth-order valence-corrected chi connectivity index (χ4v) is 3.19. The highest BCUT2D eigenvalue weighted by Gasteiger charge is 2.12. The van der Waals surface area contributed by atoms with Crippen molar-refractivity contribution < 1.29 is 14.0 Å². The van der Waals surface area contributed by atoms with Gasteiger partial charge in [0.25, 0.3) is 5.91 Å². The number of nitrogens with zero attached hydrogens (tertiary/aromatic N) is 1. The van der Waals surface area contributed by atoms with Crippen LogP contribution in [0.25, 0.3) is 0 Å². The molecule has 0 aliphatic carbocycles. The summed E-state index contributed by atoms with van der Waals surface area (Å²) in [5.41, 5.74) is 2.73. The Morgan fingerprint density at radius 3 is 2.77 bits per heavy atom. The minimum absolute atomic E-state index is 0.0555. The number of aryl methyl sites for hydroxylation is 2. The average Bonchev–Trinajstić information content (AvgIpc) is 3.32. The molecule has 0 unspecified atom stereocenters. The molecule has 0 saturated heterocycles. The summed E-state index contributed by atoms with van der Waals surface area (Å²) < 4.78 is 5.04. The Kier molecular flexibility index (Phi) is 5.80. The van der Waals surface area contributed by atoms with E-state index in [1.54, 1.807) is 12.1 Å². The molecule has 26 heavy (non-hydrogen) atoms. The highest BCUT2D eigenvalue weighted by atomic mass is 32.1. The molecular weight excluding hydrogens is 350 g/mol. The lowest BCUT2D eigenvalue weighted by Gasteiger charge is -2.09. The molecule has 2 heterocycles. The van der Waals surface area contributed by atoms with Crippen LogP contribution < -0.4 is 10.6 Å². The number of aromatic nitrogens is 1. The second kappa shape index (κ2) is 8.44. The van der Waals surface area contributed by atoms with Crippen LogP contribution in [-0.4, -0.2) is 16.8 Å². The van der Waals surface area contributed by atoms with Gasteiger partial charge in [0.2, 0.25) is 5.91 Å². The van der Waals surface area contributed by atoms with Crippen LogP contribution in [0.3, 0.4) is 0 Å². The number of para-hydroxylation sites is 1. The molecular formula is C19H19N3O3S. The standard InChI is InChI=1S/C19H19N3O3S/c1-2-13-6-3-4-7-15(13)21-17(23)10-9-14-12-26-19(20-14)22-18(24)16-8-5-11-25-16/h3-8,11-12H,2,9-10H2,1H3,(H,21,23)(H,20,22,24). The number of anilines is 2. The number of hydrogen-bond donors (Lipinski definition) is 2. The molecule has 0 saturated carbocycles. The predicted molar refractivity (Wildman–Crippen MR) is 102 cm³/mol. The quantitative estimate of drug-likeness (QED) is 0.656. The first-order chi connectivity index (χ1) is 12.7. The maximum atomic E-state index is 12.2. The lowest BCUT2D eigenvalue weighted by molar-refractivity contribution is -0.116. The molecule has 3 aromatic rings. The third kappa shape index (κ3) is 4.58. The van der Waals surface area contributed by atoms with Crippen molar-refractivity contribution in [2.45, 2.75) is 26.2 Å². The van der Waals surface area contributed by atoms with E-state index in [2.05, 4.69) is 22.5 Å². The normalized spacial score (nSPS) is 10.5. The van der Waals surface area contributed by atoms with Gasteiger partial charge >= 0.3 is 0 Å².